The van der Waals surface area contributed by atoms with Gasteiger partial charge in [0.15, 0.2) is 17.3 Å². The van der Waals surface area contributed by atoms with Gasteiger partial charge < -0.3 is 54.7 Å². The van der Waals surface area contributed by atoms with Crippen LogP contribution in [0.1, 0.15) is 6.92 Å². The van der Waals surface area contributed by atoms with Gasteiger partial charge in [-0.2, -0.15) is 0 Å². The fourth-order valence-electron chi connectivity index (χ4n) is 4.09. The summed E-state index contributed by atoms with van der Waals surface area (Å²) in [5.74, 6) is -2.02. The predicted octanol–water partition coefficient (Wildman–Crippen LogP) is 0.651. The normalized spacial score (nSPS) is 24.1. The van der Waals surface area contributed by atoms with Crippen LogP contribution >= 0.6 is 0 Å². The lowest BCUT2D eigenvalue weighted by molar-refractivity contribution is -0.285. The highest BCUT2D eigenvalue weighted by molar-refractivity contribution is 5.88. The maximum atomic E-state index is 11.7. The first kappa shape index (κ1) is 27.2. The van der Waals surface area contributed by atoms with E-state index in [0.717, 1.165) is 13.0 Å². The van der Waals surface area contributed by atoms with E-state index in [1.165, 1.54) is 38.5 Å². The van der Waals surface area contributed by atoms with Crippen molar-refractivity contribution in [3.63, 3.8) is 0 Å². The van der Waals surface area contributed by atoms with Crippen molar-refractivity contribution in [2.45, 2.75) is 43.7 Å². The molecule has 1 saturated heterocycles. The van der Waals surface area contributed by atoms with E-state index >= 15 is 0 Å². The summed E-state index contributed by atoms with van der Waals surface area (Å²) in [6, 6.07) is 6.31. The molecule has 4 rings (SSSR count). The molecule has 13 nitrogen and oxygen atoms in total. The minimum Gasteiger partial charge on any atom is -0.507 e. The number of aromatic hydroxyl groups is 3. The molecule has 3 aromatic rings. The van der Waals surface area contributed by atoms with E-state index in [2.05, 4.69) is 0 Å². The van der Waals surface area contributed by atoms with Crippen molar-refractivity contribution in [1.82, 2.24) is 0 Å². The Morgan fingerprint density at radius 1 is 0.921 bits per heavy atom. The number of carbonyl (C=O) groups excluding carboxylic acids is 1. The Balaban J connectivity index is 1.87. The molecule has 1 aliphatic rings. The van der Waals surface area contributed by atoms with Gasteiger partial charge in [0, 0.05) is 24.3 Å². The summed E-state index contributed by atoms with van der Waals surface area (Å²) in [7, 11) is 2.62. The van der Waals surface area contributed by atoms with Crippen molar-refractivity contribution < 1.29 is 63.9 Å². The Hall–Kier alpha value is -3.88. The third-order valence-corrected chi connectivity index (χ3v) is 6.14. The quantitative estimate of drug-likeness (QED) is 0.208. The first-order chi connectivity index (χ1) is 18.0. The number of fused-ring (bicyclic) bond motifs is 1. The summed E-state index contributed by atoms with van der Waals surface area (Å²) in [5, 5.41) is 72.1. The number of hydrogen-bond acceptors (Lipinski definition) is 12. The number of carbonyl (C=O) groups is 1. The molecule has 0 radical (unpaired) electrons. The molecule has 1 fully saturated rings. The summed E-state index contributed by atoms with van der Waals surface area (Å²) < 4.78 is 27.6. The lowest BCUT2D eigenvalue weighted by Gasteiger charge is -2.41. The fraction of sp³-hybridized carbons (Fsp3) is 0.360. The topological polar surface area (TPSA) is 207 Å². The summed E-state index contributed by atoms with van der Waals surface area (Å²) in [4.78, 5) is 11.7. The molecule has 2 heterocycles. The van der Waals surface area contributed by atoms with Gasteiger partial charge in [-0.3, -0.25) is 4.79 Å². The number of phenolic OH excluding ortho intramolecular Hbond substituents is 3. The number of aliphatic hydroxyl groups excluding tert-OH is 4. The van der Waals surface area contributed by atoms with Crippen LogP contribution in [0.25, 0.3) is 22.3 Å². The van der Waals surface area contributed by atoms with E-state index in [4.69, 9.17) is 23.4 Å². The van der Waals surface area contributed by atoms with Gasteiger partial charge in [-0.05, 0) is 6.92 Å². The highest BCUT2D eigenvalue weighted by atomic mass is 16.7. The van der Waals surface area contributed by atoms with Crippen LogP contribution in [0.15, 0.2) is 34.7 Å². The lowest BCUT2D eigenvalue weighted by atomic mass is 9.94. The highest BCUT2D eigenvalue weighted by Gasteiger charge is 2.49. The van der Waals surface area contributed by atoms with Crippen LogP contribution < -0.4 is 14.2 Å². The molecule has 6 atom stereocenters. The number of benzene rings is 2. The van der Waals surface area contributed by atoms with Crippen LogP contribution in [0.3, 0.4) is 0 Å². The van der Waals surface area contributed by atoms with Gasteiger partial charge in [-0.1, -0.05) is 0 Å². The van der Waals surface area contributed by atoms with Gasteiger partial charge in [0.25, 0.3) is 0 Å². The zero-order valence-corrected chi connectivity index (χ0v) is 20.4. The third kappa shape index (κ3) is 4.85. The van der Waals surface area contributed by atoms with Crippen LogP contribution in [0.2, 0.25) is 0 Å². The molecule has 0 bridgehead atoms. The smallest absolute Gasteiger partial charge is 0.402 e. The Bertz CT molecular complexity index is 1330. The first-order valence-electron chi connectivity index (χ1n) is 11.3. The number of ketones is 1. The Kier molecular flexibility index (Phi) is 7.49. The van der Waals surface area contributed by atoms with Gasteiger partial charge in [0.05, 0.1) is 25.8 Å². The van der Waals surface area contributed by atoms with E-state index in [1.807, 2.05) is 0 Å². The number of ether oxygens (including phenoxy) is 4. The minimum absolute atomic E-state index is 0.00325. The van der Waals surface area contributed by atoms with Gasteiger partial charge in [0.1, 0.15) is 47.4 Å². The molecule has 1 aliphatic heterocycles. The van der Waals surface area contributed by atoms with Gasteiger partial charge in [-0.25, -0.2) is 4.42 Å². The fourth-order valence-corrected chi connectivity index (χ4v) is 4.09. The molecule has 1 aromatic heterocycles. The highest BCUT2D eigenvalue weighted by Crippen LogP contribution is 2.45. The molecule has 0 aliphatic carbocycles. The zero-order valence-electron chi connectivity index (χ0n) is 20.4. The van der Waals surface area contributed by atoms with Crippen LogP contribution in [-0.4, -0.2) is 92.6 Å². The van der Waals surface area contributed by atoms with Crippen LogP contribution in [0.4, 0.5) is 0 Å². The van der Waals surface area contributed by atoms with Gasteiger partial charge in [0.2, 0.25) is 17.8 Å². The number of phenols is 3. The van der Waals surface area contributed by atoms with E-state index in [-0.39, 0.29) is 56.8 Å². The molecule has 38 heavy (non-hydrogen) atoms. The van der Waals surface area contributed by atoms with Gasteiger partial charge >= 0.3 is 11.3 Å². The molecule has 204 valence electrons. The lowest BCUT2D eigenvalue weighted by Crippen LogP contribution is -2.62. The van der Waals surface area contributed by atoms with Crippen LogP contribution in [0.5, 0.6) is 34.5 Å². The molecule has 0 saturated carbocycles. The minimum atomic E-state index is -1.87. The molecule has 0 amide bonds. The second-order valence-corrected chi connectivity index (χ2v) is 8.66. The maximum absolute atomic E-state index is 11.7. The second kappa shape index (κ2) is 10.5. The molecule has 2 unspecified atom stereocenters. The first-order valence-corrected chi connectivity index (χ1v) is 11.3. The zero-order chi connectivity index (χ0) is 27.9. The summed E-state index contributed by atoms with van der Waals surface area (Å²) in [6.07, 6.45) is -10.7. The number of rotatable bonds is 7. The van der Waals surface area contributed by atoms with Crippen molar-refractivity contribution in [2.75, 3.05) is 14.2 Å². The Labute approximate surface area is 215 Å². The second-order valence-electron chi connectivity index (χ2n) is 8.66. The van der Waals surface area contributed by atoms with Crippen molar-refractivity contribution in [3.05, 3.63) is 30.3 Å². The molecule has 7 N–H and O–H groups in total. The Morgan fingerprint density at radius 2 is 1.55 bits per heavy atom. The maximum Gasteiger partial charge on any atom is 0.402 e. The van der Waals surface area contributed by atoms with Crippen molar-refractivity contribution in [2.24, 2.45) is 0 Å². The standard InChI is InChI=1S/C25H26O13/c1-9(26)18(29)24-21(32)20(31)22(33)25(38-24)37-17-8-12-13(28)6-11(27)7-14(12)36-23(17)10-4-15(34-2)19(30)16(5-10)35-3/h4-8,18,20-22,24-25,29,31-33H,1-3H3,(H2-,27,28,30)/p+1/t18?,20-,21+,22+,24+,25?/m0/s1. The Morgan fingerprint density at radius 3 is 2.13 bits per heavy atom. The van der Waals surface area contributed by atoms with Gasteiger partial charge in [-0.15, -0.1) is 0 Å². The molecular formula is C25H27O13+. The monoisotopic (exact) mass is 535 g/mol. The number of hydrogen-bond donors (Lipinski definition) is 7. The summed E-state index contributed by atoms with van der Waals surface area (Å²) in [6.45, 7) is 1.05. The van der Waals surface area contributed by atoms with Crippen LogP contribution in [0, 0.1) is 0 Å². The third-order valence-electron chi connectivity index (χ3n) is 6.14. The van der Waals surface area contributed by atoms with Crippen molar-refractivity contribution in [1.29, 1.82) is 0 Å². The van der Waals surface area contributed by atoms with E-state index < -0.39 is 42.6 Å². The molecule has 0 spiro atoms. The number of methoxy groups -OCH3 is 2. The summed E-state index contributed by atoms with van der Waals surface area (Å²) >= 11 is 0. The van der Waals surface area contributed by atoms with E-state index in [0.29, 0.717) is 0 Å². The number of aliphatic hydroxyl groups is 4. The molecular weight excluding hydrogens is 508 g/mol. The largest absolute Gasteiger partial charge is 0.507 e. The molecule has 13 heteroatoms. The van der Waals surface area contributed by atoms with E-state index in [1.54, 1.807) is 0 Å². The van der Waals surface area contributed by atoms with Crippen molar-refractivity contribution in [3.8, 4) is 45.8 Å². The predicted molar refractivity (Wildman–Crippen MR) is 128 cm³/mol. The molecule has 2 aromatic carbocycles. The van der Waals surface area contributed by atoms with E-state index in [9.17, 15) is 40.5 Å². The van der Waals surface area contributed by atoms with Crippen LogP contribution in [-0.2, 0) is 9.53 Å². The SMILES string of the molecule is COc1cc(-c2[o+]c3cc(O)cc(O)c3cc2OC2O[C@H](C(O)C(C)=O)[C@H](O)[C@H](O)[C@H]2O)cc(OC)c1O. The van der Waals surface area contributed by atoms with Crippen molar-refractivity contribution >= 4 is 16.8 Å². The average Bonchev–Trinajstić information content (AvgIpc) is 2.88. The average molecular weight is 535 g/mol. The summed E-state index contributed by atoms with van der Waals surface area (Å²) in [5.41, 5.74) is 0.226. The number of Topliss-reactive ketones (excluding diaryl/α,β-unsaturated/α-hetero) is 1.